The average Bonchev–Trinajstić information content (AvgIpc) is 3.12. The Hall–Kier alpha value is -3.39. The fourth-order valence-corrected chi connectivity index (χ4v) is 5.69. The van der Waals surface area contributed by atoms with E-state index in [-0.39, 0.29) is 10.6 Å². The minimum absolute atomic E-state index is 0.111. The summed E-state index contributed by atoms with van der Waals surface area (Å²) in [5.41, 5.74) is 2.51. The zero-order chi connectivity index (χ0) is 21.8. The molecule has 3 aromatic carbocycles. The first-order valence-electron chi connectivity index (χ1n) is 10.1. The number of sulfonamides is 1. The molecule has 0 atom stereocenters. The predicted molar refractivity (Wildman–Crippen MR) is 119 cm³/mol. The number of fused-ring (bicyclic) bond motifs is 5. The fraction of sp³-hybridized carbons (Fsp3) is 0.217. The Labute approximate surface area is 178 Å². The quantitative estimate of drug-likeness (QED) is 0.337. The van der Waals surface area contributed by atoms with Gasteiger partial charge in [0.15, 0.2) is 0 Å². The molecule has 1 aromatic heterocycles. The van der Waals surface area contributed by atoms with Gasteiger partial charge < -0.3 is 4.42 Å². The number of furan rings is 1. The monoisotopic (exact) mass is 436 g/mol. The Morgan fingerprint density at radius 2 is 1.74 bits per heavy atom. The Bertz CT molecular complexity index is 1470. The molecule has 0 radical (unpaired) electrons. The van der Waals surface area contributed by atoms with Crippen LogP contribution >= 0.6 is 0 Å². The van der Waals surface area contributed by atoms with Crippen LogP contribution in [0.2, 0.25) is 0 Å². The van der Waals surface area contributed by atoms with Crippen LogP contribution in [0, 0.1) is 17.0 Å². The van der Waals surface area contributed by atoms with Crippen LogP contribution in [0.3, 0.4) is 0 Å². The maximum Gasteiger partial charge on any atom is 0.270 e. The molecule has 1 heterocycles. The lowest BCUT2D eigenvalue weighted by Gasteiger charge is -2.13. The highest BCUT2D eigenvalue weighted by molar-refractivity contribution is 7.92. The van der Waals surface area contributed by atoms with Crippen molar-refractivity contribution in [3.05, 3.63) is 75.5 Å². The number of nitrogens with one attached hydrogen (secondary N) is 1. The number of nitro benzene ring substituents is 1. The van der Waals surface area contributed by atoms with Crippen LogP contribution in [0.1, 0.15) is 29.7 Å². The lowest BCUT2D eigenvalue weighted by Crippen LogP contribution is -2.15. The summed E-state index contributed by atoms with van der Waals surface area (Å²) in [6.07, 6.45) is 3.93. The van der Waals surface area contributed by atoms with Crippen molar-refractivity contribution < 1.29 is 17.8 Å². The van der Waals surface area contributed by atoms with E-state index in [2.05, 4.69) is 4.72 Å². The first-order chi connectivity index (χ1) is 14.8. The number of non-ortho nitro benzene ring substituents is 1. The minimum atomic E-state index is -4.05. The van der Waals surface area contributed by atoms with Gasteiger partial charge >= 0.3 is 0 Å². The number of anilines is 1. The fourth-order valence-electron chi connectivity index (χ4n) is 4.36. The summed E-state index contributed by atoms with van der Waals surface area (Å²) in [4.78, 5) is 10.4. The Kier molecular flexibility index (Phi) is 4.48. The maximum atomic E-state index is 13.2. The number of benzene rings is 3. The molecule has 0 bridgehead atoms. The number of aryl methyl sites for hydroxylation is 3. The molecule has 31 heavy (non-hydrogen) atoms. The van der Waals surface area contributed by atoms with Crippen LogP contribution < -0.4 is 4.72 Å². The number of rotatable bonds is 4. The normalized spacial score (nSPS) is 14.0. The summed E-state index contributed by atoms with van der Waals surface area (Å²) in [5, 5.41) is 13.6. The lowest BCUT2D eigenvalue weighted by molar-refractivity contribution is -0.385. The van der Waals surface area contributed by atoms with Crippen molar-refractivity contribution in [1.82, 2.24) is 0 Å². The van der Waals surface area contributed by atoms with Crippen LogP contribution in [0.5, 0.6) is 0 Å². The summed E-state index contributed by atoms with van der Waals surface area (Å²) in [7, 11) is -4.05. The summed E-state index contributed by atoms with van der Waals surface area (Å²) < 4.78 is 35.4. The number of nitro groups is 1. The Morgan fingerprint density at radius 3 is 2.52 bits per heavy atom. The largest absolute Gasteiger partial charge is 0.460 e. The third kappa shape index (κ3) is 3.23. The van der Waals surface area contributed by atoms with Crippen molar-refractivity contribution >= 4 is 43.1 Å². The van der Waals surface area contributed by atoms with E-state index in [0.29, 0.717) is 16.6 Å². The molecule has 5 rings (SSSR count). The van der Waals surface area contributed by atoms with Crippen molar-refractivity contribution in [3.63, 3.8) is 0 Å². The summed E-state index contributed by atoms with van der Waals surface area (Å²) in [6, 6.07) is 13.2. The molecule has 0 aliphatic heterocycles. The third-order valence-electron chi connectivity index (χ3n) is 5.88. The predicted octanol–water partition coefficient (Wildman–Crippen LogP) is 5.48. The lowest BCUT2D eigenvalue weighted by atomic mass is 9.94. The molecule has 0 amide bonds. The second kappa shape index (κ2) is 7.09. The van der Waals surface area contributed by atoms with Gasteiger partial charge in [-0.3, -0.25) is 14.8 Å². The van der Waals surface area contributed by atoms with Gasteiger partial charge in [-0.1, -0.05) is 30.3 Å². The van der Waals surface area contributed by atoms with E-state index in [1.165, 1.54) is 12.1 Å². The molecule has 1 aliphatic carbocycles. The molecule has 0 saturated heterocycles. The van der Waals surface area contributed by atoms with Crippen LogP contribution in [0.25, 0.3) is 21.7 Å². The van der Waals surface area contributed by atoms with Gasteiger partial charge in [-0.2, -0.15) is 0 Å². The van der Waals surface area contributed by atoms with Gasteiger partial charge in [0.25, 0.3) is 15.7 Å². The highest BCUT2D eigenvalue weighted by Gasteiger charge is 2.24. The minimum Gasteiger partial charge on any atom is -0.460 e. The molecular weight excluding hydrogens is 416 g/mol. The van der Waals surface area contributed by atoms with Crippen LogP contribution in [0.15, 0.2) is 57.8 Å². The molecule has 1 aliphatic rings. The SMILES string of the molecule is Cc1ccc([N+](=O)[O-])cc1S(=O)(=O)Nc1cc2c3c(oc2c2ccccc12)CCCC3. The molecule has 8 heteroatoms. The number of nitrogens with zero attached hydrogens (tertiary/aromatic N) is 1. The standard InChI is InChI=1S/C23H20N2O5S/c1-14-10-11-15(25(26)27)12-22(14)31(28,29)24-20-13-19-17-7-4-5-9-21(17)30-23(19)18-8-3-2-6-16(18)20/h2-3,6,8,10-13,24H,4-5,7,9H2,1H3. The van der Waals surface area contributed by atoms with Gasteiger partial charge in [0, 0.05) is 40.3 Å². The average molecular weight is 436 g/mol. The van der Waals surface area contributed by atoms with Crippen molar-refractivity contribution in [2.24, 2.45) is 0 Å². The van der Waals surface area contributed by atoms with E-state index in [1.807, 2.05) is 30.3 Å². The van der Waals surface area contributed by atoms with E-state index >= 15 is 0 Å². The van der Waals surface area contributed by atoms with Gasteiger partial charge in [-0.25, -0.2) is 8.42 Å². The molecule has 4 aromatic rings. The third-order valence-corrected chi connectivity index (χ3v) is 7.39. The van der Waals surface area contributed by atoms with Crippen molar-refractivity contribution in [2.75, 3.05) is 4.72 Å². The van der Waals surface area contributed by atoms with Gasteiger partial charge in [0.2, 0.25) is 0 Å². The van der Waals surface area contributed by atoms with Gasteiger partial charge in [-0.05, 0) is 37.8 Å². The molecule has 1 N–H and O–H groups in total. The zero-order valence-electron chi connectivity index (χ0n) is 16.8. The Balaban J connectivity index is 1.70. The second-order valence-electron chi connectivity index (χ2n) is 7.87. The van der Waals surface area contributed by atoms with Gasteiger partial charge in [0.1, 0.15) is 11.3 Å². The van der Waals surface area contributed by atoms with E-state index in [0.717, 1.165) is 59.4 Å². The van der Waals surface area contributed by atoms with E-state index in [9.17, 15) is 18.5 Å². The summed E-state index contributed by atoms with van der Waals surface area (Å²) in [5.74, 6) is 0.973. The van der Waals surface area contributed by atoms with E-state index in [1.54, 1.807) is 6.92 Å². The second-order valence-corrected chi connectivity index (χ2v) is 9.52. The van der Waals surface area contributed by atoms with E-state index < -0.39 is 14.9 Å². The molecule has 158 valence electrons. The number of hydrogen-bond acceptors (Lipinski definition) is 5. The smallest absolute Gasteiger partial charge is 0.270 e. The Morgan fingerprint density at radius 1 is 1.00 bits per heavy atom. The molecule has 7 nitrogen and oxygen atoms in total. The summed E-state index contributed by atoms with van der Waals surface area (Å²) >= 11 is 0. The molecule has 0 saturated carbocycles. The number of hydrogen-bond donors (Lipinski definition) is 1. The topological polar surface area (TPSA) is 102 Å². The van der Waals surface area contributed by atoms with Crippen molar-refractivity contribution in [2.45, 2.75) is 37.5 Å². The van der Waals surface area contributed by atoms with Gasteiger partial charge in [0.05, 0.1) is 15.5 Å². The summed E-state index contributed by atoms with van der Waals surface area (Å²) in [6.45, 7) is 1.62. The molecule has 0 unspecified atom stereocenters. The van der Waals surface area contributed by atoms with Crippen LogP contribution in [0.4, 0.5) is 11.4 Å². The zero-order valence-corrected chi connectivity index (χ0v) is 17.7. The van der Waals surface area contributed by atoms with Crippen LogP contribution in [-0.2, 0) is 22.9 Å². The first-order valence-corrected chi connectivity index (χ1v) is 11.6. The van der Waals surface area contributed by atoms with E-state index in [4.69, 9.17) is 4.42 Å². The van der Waals surface area contributed by atoms with Gasteiger partial charge in [-0.15, -0.1) is 0 Å². The first kappa shape index (κ1) is 19.6. The maximum absolute atomic E-state index is 13.2. The highest BCUT2D eigenvalue weighted by atomic mass is 32.2. The van der Waals surface area contributed by atoms with Crippen molar-refractivity contribution in [3.8, 4) is 0 Å². The molecule has 0 spiro atoms. The highest BCUT2D eigenvalue weighted by Crippen LogP contribution is 2.40. The molecular formula is C23H20N2O5S. The van der Waals surface area contributed by atoms with Crippen LogP contribution in [-0.4, -0.2) is 13.3 Å². The molecule has 0 fully saturated rings. The van der Waals surface area contributed by atoms with Crippen molar-refractivity contribution in [1.29, 1.82) is 0 Å².